The van der Waals surface area contributed by atoms with Crippen molar-refractivity contribution in [3.63, 3.8) is 0 Å². The number of benzene rings is 1. The van der Waals surface area contributed by atoms with Crippen molar-refractivity contribution in [3.8, 4) is 0 Å². The first kappa shape index (κ1) is 9.56. The number of hydrogen-bond acceptors (Lipinski definition) is 2. The highest BCUT2D eigenvalue weighted by Crippen LogP contribution is 2.33. The van der Waals surface area contributed by atoms with Gasteiger partial charge >= 0.3 is 0 Å². The van der Waals surface area contributed by atoms with E-state index in [9.17, 15) is 0 Å². The average Bonchev–Trinajstić information content (AvgIpc) is 2.20. The number of thioether (sulfide) groups is 1. The lowest BCUT2D eigenvalue weighted by atomic mass is 10.2. The van der Waals surface area contributed by atoms with Gasteiger partial charge in [-0.3, -0.25) is 0 Å². The van der Waals surface area contributed by atoms with E-state index in [-0.39, 0.29) is 0 Å². The molecule has 2 rings (SSSR count). The van der Waals surface area contributed by atoms with Crippen LogP contribution in [0.5, 0.6) is 0 Å². The van der Waals surface area contributed by atoms with E-state index < -0.39 is 0 Å². The van der Waals surface area contributed by atoms with Gasteiger partial charge in [-0.15, -0.1) is 11.8 Å². The van der Waals surface area contributed by atoms with Crippen molar-refractivity contribution in [2.45, 2.75) is 11.8 Å². The summed E-state index contributed by atoms with van der Waals surface area (Å²) in [5.41, 5.74) is 1.37. The van der Waals surface area contributed by atoms with Gasteiger partial charge in [-0.05, 0) is 30.3 Å². The Morgan fingerprint density at radius 3 is 2.92 bits per heavy atom. The fourth-order valence-corrected chi connectivity index (χ4v) is 3.29. The van der Waals surface area contributed by atoms with Crippen molar-refractivity contribution in [1.82, 2.24) is 5.32 Å². The zero-order valence-electron chi connectivity index (χ0n) is 7.29. The van der Waals surface area contributed by atoms with Crippen LogP contribution in [0.25, 0.3) is 0 Å². The maximum Gasteiger partial charge on any atom is 0.0800 e. The van der Waals surface area contributed by atoms with E-state index in [2.05, 4.69) is 45.5 Å². The Labute approximate surface area is 91.4 Å². The second kappa shape index (κ2) is 4.49. The monoisotopic (exact) mass is 257 g/mol. The Kier molecular flexibility index (Phi) is 3.30. The van der Waals surface area contributed by atoms with Crippen molar-refractivity contribution >= 4 is 27.7 Å². The second-order valence-electron chi connectivity index (χ2n) is 3.08. The van der Waals surface area contributed by atoms with Gasteiger partial charge in [0.15, 0.2) is 0 Å². The van der Waals surface area contributed by atoms with Gasteiger partial charge in [0.2, 0.25) is 0 Å². The minimum atomic E-state index is 0.476. The molecule has 0 radical (unpaired) electrons. The summed E-state index contributed by atoms with van der Waals surface area (Å²) in [6, 6.07) is 8.43. The van der Waals surface area contributed by atoms with Crippen molar-refractivity contribution in [2.75, 3.05) is 12.3 Å². The van der Waals surface area contributed by atoms with Crippen LogP contribution in [0.3, 0.4) is 0 Å². The summed E-state index contributed by atoms with van der Waals surface area (Å²) in [6.07, 6.45) is 1.28. The van der Waals surface area contributed by atoms with Crippen molar-refractivity contribution in [3.05, 3.63) is 34.3 Å². The third-order valence-corrected chi connectivity index (χ3v) is 4.12. The summed E-state index contributed by atoms with van der Waals surface area (Å²) in [5, 5.41) is 3.99. The molecule has 1 heterocycles. The van der Waals surface area contributed by atoms with Crippen LogP contribution in [0, 0.1) is 0 Å². The zero-order valence-corrected chi connectivity index (χ0v) is 9.70. The average molecular weight is 258 g/mol. The molecule has 1 fully saturated rings. The molecule has 3 heteroatoms. The third-order valence-electron chi connectivity index (χ3n) is 2.12. The molecule has 13 heavy (non-hydrogen) atoms. The first-order valence-corrected chi connectivity index (χ1v) is 6.31. The quantitative estimate of drug-likeness (QED) is 0.830. The van der Waals surface area contributed by atoms with Crippen LogP contribution in [0.15, 0.2) is 28.7 Å². The zero-order chi connectivity index (χ0) is 9.10. The summed E-state index contributed by atoms with van der Waals surface area (Å²) in [7, 11) is 0. The number of nitrogens with one attached hydrogen (secondary N) is 1. The molecule has 0 spiro atoms. The van der Waals surface area contributed by atoms with Crippen molar-refractivity contribution < 1.29 is 0 Å². The Balaban J connectivity index is 2.18. The summed E-state index contributed by atoms with van der Waals surface area (Å²) in [6.45, 7) is 1.14. The molecule has 1 aliphatic rings. The smallest absolute Gasteiger partial charge is 0.0800 e. The molecule has 0 amide bonds. The summed E-state index contributed by atoms with van der Waals surface area (Å²) in [5.74, 6) is 1.26. The van der Waals surface area contributed by atoms with Crippen LogP contribution in [0.2, 0.25) is 0 Å². The van der Waals surface area contributed by atoms with Gasteiger partial charge in [-0.2, -0.15) is 0 Å². The molecular weight excluding hydrogens is 246 g/mol. The summed E-state index contributed by atoms with van der Waals surface area (Å²) in [4.78, 5) is 0. The molecular formula is C10H12BrNS. The molecule has 0 aromatic heterocycles. The number of halogens is 1. The molecule has 1 nitrogen and oxygen atoms in total. The highest BCUT2D eigenvalue weighted by atomic mass is 79.9. The molecule has 1 aliphatic heterocycles. The van der Waals surface area contributed by atoms with E-state index in [1.165, 1.54) is 22.2 Å². The molecule has 0 bridgehead atoms. The fraction of sp³-hybridized carbons (Fsp3) is 0.400. The Hall–Kier alpha value is 0.01000. The lowest BCUT2D eigenvalue weighted by molar-refractivity contribution is 0.641. The van der Waals surface area contributed by atoms with E-state index in [0.717, 1.165) is 6.54 Å². The van der Waals surface area contributed by atoms with Crippen LogP contribution in [0.4, 0.5) is 0 Å². The minimum absolute atomic E-state index is 0.476. The molecule has 1 saturated heterocycles. The van der Waals surface area contributed by atoms with E-state index in [0.29, 0.717) is 5.37 Å². The third kappa shape index (κ3) is 2.27. The fourth-order valence-electron chi connectivity index (χ4n) is 1.45. The largest absolute Gasteiger partial charge is 0.302 e. The van der Waals surface area contributed by atoms with Crippen LogP contribution >= 0.6 is 27.7 Å². The van der Waals surface area contributed by atoms with E-state index in [1.54, 1.807) is 0 Å². The number of hydrogen-bond donors (Lipinski definition) is 1. The lowest BCUT2D eigenvalue weighted by Crippen LogP contribution is -2.25. The molecule has 1 unspecified atom stereocenters. The van der Waals surface area contributed by atoms with Crippen LogP contribution in [0.1, 0.15) is 17.4 Å². The van der Waals surface area contributed by atoms with Gasteiger partial charge in [0, 0.05) is 4.47 Å². The highest BCUT2D eigenvalue weighted by Gasteiger charge is 2.16. The Morgan fingerprint density at radius 1 is 1.38 bits per heavy atom. The Bertz CT molecular complexity index is 284. The van der Waals surface area contributed by atoms with Crippen molar-refractivity contribution in [2.24, 2.45) is 0 Å². The predicted octanol–water partition coefficient (Wildman–Crippen LogP) is 3.17. The van der Waals surface area contributed by atoms with Gasteiger partial charge in [0.25, 0.3) is 0 Å². The first-order chi connectivity index (χ1) is 6.38. The van der Waals surface area contributed by atoms with Crippen LogP contribution in [-0.2, 0) is 0 Å². The maximum absolute atomic E-state index is 3.58. The predicted molar refractivity (Wildman–Crippen MR) is 62.0 cm³/mol. The normalized spacial score (nSPS) is 23.0. The SMILES string of the molecule is Brc1ccccc1C1NCCCS1. The topological polar surface area (TPSA) is 12.0 Å². The van der Waals surface area contributed by atoms with Crippen LogP contribution < -0.4 is 5.32 Å². The van der Waals surface area contributed by atoms with Gasteiger partial charge in [0.1, 0.15) is 0 Å². The molecule has 1 atom stereocenters. The molecule has 1 N–H and O–H groups in total. The van der Waals surface area contributed by atoms with Crippen LogP contribution in [-0.4, -0.2) is 12.3 Å². The Morgan fingerprint density at radius 2 is 2.23 bits per heavy atom. The van der Waals surface area contributed by atoms with E-state index in [4.69, 9.17) is 0 Å². The van der Waals surface area contributed by atoms with Gasteiger partial charge in [0.05, 0.1) is 5.37 Å². The molecule has 0 aliphatic carbocycles. The highest BCUT2D eigenvalue weighted by molar-refractivity contribution is 9.10. The maximum atomic E-state index is 3.58. The molecule has 0 saturated carbocycles. The van der Waals surface area contributed by atoms with Crippen molar-refractivity contribution in [1.29, 1.82) is 0 Å². The summed E-state index contributed by atoms with van der Waals surface area (Å²) >= 11 is 5.57. The second-order valence-corrected chi connectivity index (χ2v) is 5.15. The van der Waals surface area contributed by atoms with Gasteiger partial charge in [-0.25, -0.2) is 0 Å². The molecule has 1 aromatic carbocycles. The minimum Gasteiger partial charge on any atom is -0.302 e. The first-order valence-electron chi connectivity index (χ1n) is 4.47. The van der Waals surface area contributed by atoms with E-state index in [1.807, 2.05) is 11.8 Å². The standard InChI is InChI=1S/C10H12BrNS/c11-9-5-2-1-4-8(9)10-12-6-3-7-13-10/h1-2,4-5,10,12H,3,6-7H2. The lowest BCUT2D eigenvalue weighted by Gasteiger charge is -2.24. The van der Waals surface area contributed by atoms with Gasteiger partial charge in [-0.1, -0.05) is 34.1 Å². The number of rotatable bonds is 1. The summed E-state index contributed by atoms with van der Waals surface area (Å²) < 4.78 is 1.21. The van der Waals surface area contributed by atoms with Gasteiger partial charge < -0.3 is 5.32 Å². The van der Waals surface area contributed by atoms with E-state index >= 15 is 0 Å². The molecule has 70 valence electrons. The molecule has 1 aromatic rings.